The van der Waals surface area contributed by atoms with Crippen LogP contribution in [0.5, 0.6) is 0 Å². The van der Waals surface area contributed by atoms with Gasteiger partial charge in [-0.15, -0.1) is 23.7 Å². The minimum Gasteiger partial charge on any atom is -0.319 e. The average molecular weight is 340 g/mol. The number of nitrogens with zero attached hydrogens (tertiary/aromatic N) is 1. The van der Waals surface area contributed by atoms with E-state index < -0.39 is 0 Å². The highest BCUT2D eigenvalue weighted by Crippen LogP contribution is 2.30. The van der Waals surface area contributed by atoms with E-state index in [1.54, 1.807) is 0 Å². The number of aryl methyl sites for hydroxylation is 2. The third-order valence-electron chi connectivity index (χ3n) is 3.31. The number of thiazole rings is 1. The zero-order valence-electron chi connectivity index (χ0n) is 13.3. The summed E-state index contributed by atoms with van der Waals surface area (Å²) in [7, 11) is 1.84. The fraction of sp³-hybridized carbons (Fsp3) is 0.375. The first-order chi connectivity index (χ1) is 10.0. The van der Waals surface area contributed by atoms with Gasteiger partial charge in [0, 0.05) is 22.9 Å². The third-order valence-corrected chi connectivity index (χ3v) is 4.20. The normalized spacial score (nSPS) is 11.6. The predicted octanol–water partition coefficient (Wildman–Crippen LogP) is 3.64. The van der Waals surface area contributed by atoms with Crippen molar-refractivity contribution in [3.8, 4) is 11.3 Å². The van der Waals surface area contributed by atoms with Crippen LogP contribution in [-0.2, 0) is 4.79 Å². The van der Waals surface area contributed by atoms with Crippen LogP contribution in [0.3, 0.4) is 0 Å². The molecule has 22 heavy (non-hydrogen) atoms. The van der Waals surface area contributed by atoms with Gasteiger partial charge in [0.15, 0.2) is 5.13 Å². The number of halogens is 1. The number of anilines is 1. The molecule has 120 valence electrons. The van der Waals surface area contributed by atoms with Crippen LogP contribution in [0.2, 0.25) is 0 Å². The highest BCUT2D eigenvalue weighted by Gasteiger charge is 2.15. The molecule has 0 saturated carbocycles. The molecule has 2 N–H and O–H groups in total. The van der Waals surface area contributed by atoms with Crippen molar-refractivity contribution in [1.82, 2.24) is 10.3 Å². The van der Waals surface area contributed by atoms with E-state index in [2.05, 4.69) is 46.8 Å². The molecular formula is C16H22ClN3OS. The molecule has 2 aromatic rings. The zero-order chi connectivity index (χ0) is 15.4. The second-order valence-electron chi connectivity index (χ2n) is 5.24. The van der Waals surface area contributed by atoms with Crippen molar-refractivity contribution in [2.24, 2.45) is 5.92 Å². The maximum absolute atomic E-state index is 12.0. The topological polar surface area (TPSA) is 54.0 Å². The van der Waals surface area contributed by atoms with E-state index in [4.69, 9.17) is 0 Å². The molecule has 1 aromatic heterocycles. The predicted molar refractivity (Wildman–Crippen MR) is 96.0 cm³/mol. The summed E-state index contributed by atoms with van der Waals surface area (Å²) in [6.45, 7) is 6.64. The lowest BCUT2D eigenvalue weighted by atomic mass is 10.1. The van der Waals surface area contributed by atoms with Crippen molar-refractivity contribution < 1.29 is 4.79 Å². The molecule has 0 aliphatic carbocycles. The largest absolute Gasteiger partial charge is 0.319 e. The number of hydrogen-bond acceptors (Lipinski definition) is 4. The van der Waals surface area contributed by atoms with Crippen molar-refractivity contribution in [1.29, 1.82) is 0 Å². The lowest BCUT2D eigenvalue weighted by Gasteiger charge is -2.09. The van der Waals surface area contributed by atoms with Gasteiger partial charge in [-0.1, -0.05) is 36.8 Å². The van der Waals surface area contributed by atoms with Crippen LogP contribution >= 0.6 is 23.7 Å². The Labute approximate surface area is 141 Å². The molecule has 1 heterocycles. The molecule has 0 aliphatic heterocycles. The average Bonchev–Trinajstić information content (AvgIpc) is 2.80. The SMILES string of the molecule is CNCC(C)C(=O)Nc1nc(-c2ccc(C)cc2)c(C)s1.Cl. The molecule has 0 spiro atoms. The van der Waals surface area contributed by atoms with Gasteiger partial charge in [-0.3, -0.25) is 4.79 Å². The fourth-order valence-corrected chi connectivity index (χ4v) is 2.90. The lowest BCUT2D eigenvalue weighted by molar-refractivity contribution is -0.119. The van der Waals surface area contributed by atoms with Crippen LogP contribution in [-0.4, -0.2) is 24.5 Å². The molecular weight excluding hydrogens is 318 g/mol. The molecule has 4 nitrogen and oxygen atoms in total. The van der Waals surface area contributed by atoms with Crippen LogP contribution in [0.1, 0.15) is 17.4 Å². The molecule has 1 amide bonds. The molecule has 1 atom stereocenters. The second-order valence-corrected chi connectivity index (χ2v) is 6.44. The van der Waals surface area contributed by atoms with Gasteiger partial charge in [-0.05, 0) is 20.9 Å². The summed E-state index contributed by atoms with van der Waals surface area (Å²) in [6.07, 6.45) is 0. The number of carbonyl (C=O) groups is 1. The van der Waals surface area contributed by atoms with Gasteiger partial charge >= 0.3 is 0 Å². The Morgan fingerprint density at radius 1 is 1.27 bits per heavy atom. The van der Waals surface area contributed by atoms with E-state index >= 15 is 0 Å². The summed E-state index contributed by atoms with van der Waals surface area (Å²) >= 11 is 1.51. The fourth-order valence-electron chi connectivity index (χ4n) is 2.06. The standard InChI is InChI=1S/C16H21N3OS.ClH/c1-10-5-7-13(8-6-10)14-12(3)21-16(18-14)19-15(20)11(2)9-17-4;/h5-8,11,17H,9H2,1-4H3,(H,18,19,20);1H. The Bertz CT molecular complexity index is 625. The van der Waals surface area contributed by atoms with Crippen molar-refractivity contribution in [2.45, 2.75) is 20.8 Å². The smallest absolute Gasteiger partial charge is 0.230 e. The molecule has 1 aromatic carbocycles. The molecule has 6 heteroatoms. The minimum absolute atomic E-state index is 0. The third kappa shape index (κ3) is 4.53. The van der Waals surface area contributed by atoms with Crippen molar-refractivity contribution in [3.63, 3.8) is 0 Å². The Morgan fingerprint density at radius 3 is 2.50 bits per heavy atom. The van der Waals surface area contributed by atoms with Crippen LogP contribution in [0, 0.1) is 19.8 Å². The maximum atomic E-state index is 12.0. The number of carbonyl (C=O) groups excluding carboxylic acids is 1. The monoisotopic (exact) mass is 339 g/mol. The molecule has 2 rings (SSSR count). The highest BCUT2D eigenvalue weighted by molar-refractivity contribution is 7.16. The molecule has 1 unspecified atom stereocenters. The summed E-state index contributed by atoms with van der Waals surface area (Å²) in [5, 5.41) is 6.56. The van der Waals surface area contributed by atoms with Crippen molar-refractivity contribution >= 4 is 34.8 Å². The Morgan fingerprint density at radius 2 is 1.91 bits per heavy atom. The van der Waals surface area contributed by atoms with Gasteiger partial charge in [0.1, 0.15) is 0 Å². The van der Waals surface area contributed by atoms with Crippen molar-refractivity contribution in [2.75, 3.05) is 18.9 Å². The quantitative estimate of drug-likeness (QED) is 0.874. The van der Waals surface area contributed by atoms with Crippen LogP contribution in [0.4, 0.5) is 5.13 Å². The summed E-state index contributed by atoms with van der Waals surface area (Å²) in [5.74, 6) is -0.0874. The summed E-state index contributed by atoms with van der Waals surface area (Å²) in [5.41, 5.74) is 3.25. The molecule has 0 saturated heterocycles. The van der Waals surface area contributed by atoms with E-state index in [-0.39, 0.29) is 24.2 Å². The Balaban J connectivity index is 0.00000242. The first kappa shape index (κ1) is 18.6. The van der Waals surface area contributed by atoms with Gasteiger partial charge in [-0.2, -0.15) is 0 Å². The van der Waals surface area contributed by atoms with Crippen LogP contribution < -0.4 is 10.6 Å². The number of nitrogens with one attached hydrogen (secondary N) is 2. The van der Waals surface area contributed by atoms with Gasteiger partial charge < -0.3 is 10.6 Å². The molecule has 0 aliphatic rings. The lowest BCUT2D eigenvalue weighted by Crippen LogP contribution is -2.28. The zero-order valence-corrected chi connectivity index (χ0v) is 14.9. The summed E-state index contributed by atoms with van der Waals surface area (Å²) in [4.78, 5) is 17.7. The number of aromatic nitrogens is 1. The van der Waals surface area contributed by atoms with Gasteiger partial charge in [0.2, 0.25) is 5.91 Å². The first-order valence-electron chi connectivity index (χ1n) is 7.01. The van der Waals surface area contributed by atoms with E-state index in [0.29, 0.717) is 11.7 Å². The second kappa shape index (κ2) is 8.27. The number of hydrogen-bond donors (Lipinski definition) is 2. The summed E-state index contributed by atoms with van der Waals surface area (Å²) < 4.78 is 0. The molecule has 0 radical (unpaired) electrons. The Kier molecular flexibility index (Phi) is 7.00. The van der Waals surface area contributed by atoms with E-state index in [9.17, 15) is 4.79 Å². The van der Waals surface area contributed by atoms with E-state index in [1.807, 2.05) is 20.9 Å². The van der Waals surface area contributed by atoms with Gasteiger partial charge in [0.05, 0.1) is 5.69 Å². The number of benzene rings is 1. The van der Waals surface area contributed by atoms with E-state index in [0.717, 1.165) is 16.1 Å². The molecule has 0 fully saturated rings. The Hall–Kier alpha value is -1.43. The van der Waals surface area contributed by atoms with E-state index in [1.165, 1.54) is 16.9 Å². The van der Waals surface area contributed by atoms with Crippen LogP contribution in [0.25, 0.3) is 11.3 Å². The molecule has 0 bridgehead atoms. The number of rotatable bonds is 5. The first-order valence-corrected chi connectivity index (χ1v) is 7.83. The maximum Gasteiger partial charge on any atom is 0.230 e. The summed E-state index contributed by atoms with van der Waals surface area (Å²) in [6, 6.07) is 8.27. The van der Waals surface area contributed by atoms with Crippen molar-refractivity contribution in [3.05, 3.63) is 34.7 Å². The minimum atomic E-state index is -0.0815. The van der Waals surface area contributed by atoms with Crippen LogP contribution in [0.15, 0.2) is 24.3 Å². The highest BCUT2D eigenvalue weighted by atomic mass is 35.5. The number of amides is 1. The van der Waals surface area contributed by atoms with Gasteiger partial charge in [-0.25, -0.2) is 4.98 Å². The van der Waals surface area contributed by atoms with Gasteiger partial charge in [0.25, 0.3) is 0 Å².